The van der Waals surface area contributed by atoms with Crippen molar-refractivity contribution in [3.63, 3.8) is 0 Å². The molecule has 90 valence electrons. The van der Waals surface area contributed by atoms with E-state index in [1.807, 2.05) is 20.8 Å². The Morgan fingerprint density at radius 3 is 2.12 bits per heavy atom. The maximum atomic E-state index is 12.1. The van der Waals surface area contributed by atoms with Crippen LogP contribution in [0.2, 0.25) is 10.0 Å². The molecule has 0 aromatic heterocycles. The first-order chi connectivity index (χ1) is 7.21. The van der Waals surface area contributed by atoms with Gasteiger partial charge in [-0.05, 0) is 23.1 Å². The topological polar surface area (TPSA) is 9.23 Å². The molecule has 1 aromatic rings. The summed E-state index contributed by atoms with van der Waals surface area (Å²) in [6.07, 6.45) is 0. The van der Waals surface area contributed by atoms with Crippen molar-refractivity contribution in [2.45, 2.75) is 32.8 Å². The maximum absolute atomic E-state index is 12.1. The van der Waals surface area contributed by atoms with E-state index in [2.05, 4.69) is 4.74 Å². The Morgan fingerprint density at radius 1 is 1.12 bits per heavy atom. The fourth-order valence-electron chi connectivity index (χ4n) is 1.29. The molecule has 1 nitrogen and oxygen atoms in total. The summed E-state index contributed by atoms with van der Waals surface area (Å²) in [5, 5.41) is 0.525. The van der Waals surface area contributed by atoms with Gasteiger partial charge in [-0.25, -0.2) is 0 Å². The zero-order valence-electron chi connectivity index (χ0n) is 9.15. The lowest BCUT2D eigenvalue weighted by Gasteiger charge is -2.22. The number of rotatable bonds is 2. The van der Waals surface area contributed by atoms with E-state index in [9.17, 15) is 8.78 Å². The van der Waals surface area contributed by atoms with Crippen LogP contribution in [0.25, 0.3) is 0 Å². The molecule has 0 saturated carbocycles. The highest BCUT2D eigenvalue weighted by Gasteiger charge is 2.21. The summed E-state index contributed by atoms with van der Waals surface area (Å²) in [5.74, 6) is -0.0500. The molecular formula is C11H12Cl2F2O. The average molecular weight is 269 g/mol. The summed E-state index contributed by atoms with van der Waals surface area (Å²) in [4.78, 5) is 0. The standard InChI is InChI=1S/C11H12Cl2F2O/c1-11(2,3)6-4-9(16-10(14)15)8(13)5-7(6)12/h4-5,10H,1-3H3. The summed E-state index contributed by atoms with van der Waals surface area (Å²) in [5.41, 5.74) is 0.455. The molecule has 16 heavy (non-hydrogen) atoms. The Morgan fingerprint density at radius 2 is 1.69 bits per heavy atom. The van der Waals surface area contributed by atoms with E-state index in [0.717, 1.165) is 0 Å². The molecule has 0 unspecified atom stereocenters. The summed E-state index contributed by atoms with van der Waals surface area (Å²) < 4.78 is 28.5. The van der Waals surface area contributed by atoms with Crippen molar-refractivity contribution in [1.29, 1.82) is 0 Å². The minimum atomic E-state index is -2.90. The fourth-order valence-corrected chi connectivity index (χ4v) is 2.00. The van der Waals surface area contributed by atoms with Gasteiger partial charge < -0.3 is 4.74 Å². The molecule has 0 heterocycles. The van der Waals surface area contributed by atoms with Gasteiger partial charge in [0, 0.05) is 5.02 Å². The lowest BCUT2D eigenvalue weighted by molar-refractivity contribution is -0.0498. The minimum Gasteiger partial charge on any atom is -0.433 e. The molecule has 0 fully saturated rings. The molecule has 0 aliphatic carbocycles. The molecule has 1 aromatic carbocycles. The second kappa shape index (κ2) is 4.76. The Hall–Kier alpha value is -0.540. The van der Waals surface area contributed by atoms with Crippen LogP contribution in [0.3, 0.4) is 0 Å². The summed E-state index contributed by atoms with van der Waals surface area (Å²) in [6.45, 7) is 2.88. The number of ether oxygens (including phenoxy) is 1. The number of benzene rings is 1. The van der Waals surface area contributed by atoms with E-state index >= 15 is 0 Å². The highest BCUT2D eigenvalue weighted by atomic mass is 35.5. The van der Waals surface area contributed by atoms with Gasteiger partial charge in [0.05, 0.1) is 5.02 Å². The van der Waals surface area contributed by atoms with Gasteiger partial charge in [-0.1, -0.05) is 44.0 Å². The summed E-state index contributed by atoms with van der Waals surface area (Å²) in [6, 6.07) is 2.87. The van der Waals surface area contributed by atoms with Gasteiger partial charge in [-0.3, -0.25) is 0 Å². The number of alkyl halides is 2. The van der Waals surface area contributed by atoms with Crippen molar-refractivity contribution in [2.24, 2.45) is 0 Å². The molecule has 0 saturated heterocycles. The van der Waals surface area contributed by atoms with Crippen molar-refractivity contribution in [3.05, 3.63) is 27.7 Å². The first-order valence-electron chi connectivity index (χ1n) is 4.66. The van der Waals surface area contributed by atoms with Gasteiger partial charge in [0.15, 0.2) is 0 Å². The van der Waals surface area contributed by atoms with E-state index in [4.69, 9.17) is 23.2 Å². The second-order valence-corrected chi connectivity index (χ2v) is 5.21. The third kappa shape index (κ3) is 3.22. The van der Waals surface area contributed by atoms with Gasteiger partial charge in [-0.2, -0.15) is 8.78 Å². The summed E-state index contributed by atoms with van der Waals surface area (Å²) in [7, 11) is 0. The number of hydrogen-bond acceptors (Lipinski definition) is 1. The number of halogens is 4. The molecule has 0 atom stereocenters. The van der Waals surface area contributed by atoms with Crippen LogP contribution in [-0.4, -0.2) is 6.61 Å². The first kappa shape index (κ1) is 13.5. The monoisotopic (exact) mass is 268 g/mol. The van der Waals surface area contributed by atoms with Crippen LogP contribution >= 0.6 is 23.2 Å². The van der Waals surface area contributed by atoms with E-state index < -0.39 is 6.61 Å². The van der Waals surface area contributed by atoms with E-state index in [1.54, 1.807) is 0 Å². The molecule has 0 aliphatic heterocycles. The van der Waals surface area contributed by atoms with E-state index in [1.165, 1.54) is 12.1 Å². The van der Waals surface area contributed by atoms with Crippen LogP contribution in [0.4, 0.5) is 8.78 Å². The zero-order chi connectivity index (χ0) is 12.5. The quantitative estimate of drug-likeness (QED) is 0.742. The smallest absolute Gasteiger partial charge is 0.387 e. The van der Waals surface area contributed by atoms with Crippen LogP contribution in [0.5, 0.6) is 5.75 Å². The SMILES string of the molecule is CC(C)(C)c1cc(OC(F)F)c(Cl)cc1Cl. The molecule has 0 amide bonds. The molecule has 0 bridgehead atoms. The first-order valence-corrected chi connectivity index (χ1v) is 5.41. The molecule has 1 rings (SSSR count). The molecular weight excluding hydrogens is 257 g/mol. The van der Waals surface area contributed by atoms with Crippen molar-refractivity contribution < 1.29 is 13.5 Å². The third-order valence-electron chi connectivity index (χ3n) is 2.05. The third-order valence-corrected chi connectivity index (χ3v) is 2.65. The normalized spacial score (nSPS) is 12.0. The van der Waals surface area contributed by atoms with Crippen LogP contribution in [0, 0.1) is 0 Å². The predicted molar refractivity (Wildman–Crippen MR) is 61.8 cm³/mol. The van der Waals surface area contributed by atoms with Crippen LogP contribution in [0.1, 0.15) is 26.3 Å². The van der Waals surface area contributed by atoms with Crippen LogP contribution < -0.4 is 4.74 Å². The van der Waals surface area contributed by atoms with Crippen molar-refractivity contribution in [3.8, 4) is 5.75 Å². The minimum absolute atomic E-state index is 0.0500. The van der Waals surface area contributed by atoms with Gasteiger partial charge >= 0.3 is 6.61 Å². The van der Waals surface area contributed by atoms with Gasteiger partial charge in [0.2, 0.25) is 0 Å². The van der Waals surface area contributed by atoms with E-state index in [-0.39, 0.29) is 16.2 Å². The fraction of sp³-hybridized carbons (Fsp3) is 0.455. The molecule has 0 radical (unpaired) electrons. The number of hydrogen-bond donors (Lipinski definition) is 0. The Labute approximate surface area is 103 Å². The van der Waals surface area contributed by atoms with E-state index in [0.29, 0.717) is 10.6 Å². The average Bonchev–Trinajstić information content (AvgIpc) is 2.06. The lowest BCUT2D eigenvalue weighted by atomic mass is 9.87. The molecule has 0 spiro atoms. The van der Waals surface area contributed by atoms with Gasteiger partial charge in [-0.15, -0.1) is 0 Å². The lowest BCUT2D eigenvalue weighted by Crippen LogP contribution is -2.13. The zero-order valence-corrected chi connectivity index (χ0v) is 10.7. The van der Waals surface area contributed by atoms with Crippen molar-refractivity contribution in [2.75, 3.05) is 0 Å². The van der Waals surface area contributed by atoms with Crippen molar-refractivity contribution in [1.82, 2.24) is 0 Å². The molecule has 5 heteroatoms. The predicted octanol–water partition coefficient (Wildman–Crippen LogP) is 4.89. The van der Waals surface area contributed by atoms with Crippen molar-refractivity contribution >= 4 is 23.2 Å². The van der Waals surface area contributed by atoms with Crippen LogP contribution in [0.15, 0.2) is 12.1 Å². The van der Waals surface area contributed by atoms with Gasteiger partial charge in [0.25, 0.3) is 0 Å². The van der Waals surface area contributed by atoms with Gasteiger partial charge in [0.1, 0.15) is 5.75 Å². The second-order valence-electron chi connectivity index (χ2n) is 4.39. The highest BCUT2D eigenvalue weighted by molar-refractivity contribution is 6.36. The molecule has 0 aliphatic rings. The Balaban J connectivity index is 3.22. The largest absolute Gasteiger partial charge is 0.433 e. The molecule has 0 N–H and O–H groups in total. The maximum Gasteiger partial charge on any atom is 0.387 e. The highest BCUT2D eigenvalue weighted by Crippen LogP contribution is 2.37. The summed E-state index contributed by atoms with van der Waals surface area (Å²) >= 11 is 11.7. The van der Waals surface area contributed by atoms with Crippen LogP contribution in [-0.2, 0) is 5.41 Å². The Bertz CT molecular complexity index is 386. The Kier molecular flexibility index (Phi) is 4.02.